The van der Waals surface area contributed by atoms with Gasteiger partial charge in [-0.15, -0.1) is 0 Å². The number of rotatable bonds is 9. The van der Waals surface area contributed by atoms with Crippen molar-refractivity contribution < 1.29 is 24.2 Å². The second kappa shape index (κ2) is 13.3. The zero-order valence-corrected chi connectivity index (χ0v) is 23.5. The van der Waals surface area contributed by atoms with Crippen LogP contribution in [0.2, 0.25) is 5.02 Å². The average molecular weight is 543 g/mol. The van der Waals surface area contributed by atoms with Crippen molar-refractivity contribution in [1.29, 1.82) is 0 Å². The van der Waals surface area contributed by atoms with Crippen LogP contribution in [-0.4, -0.2) is 54.0 Å². The molecule has 7 nitrogen and oxygen atoms in total. The highest BCUT2D eigenvalue weighted by molar-refractivity contribution is 6.30. The van der Waals surface area contributed by atoms with Gasteiger partial charge in [-0.1, -0.05) is 62.7 Å². The minimum Gasteiger partial charge on any atom is -0.466 e. The van der Waals surface area contributed by atoms with Crippen LogP contribution < -0.4 is 4.90 Å². The molecule has 1 aliphatic heterocycles. The van der Waals surface area contributed by atoms with E-state index in [2.05, 4.69) is 0 Å². The van der Waals surface area contributed by atoms with Gasteiger partial charge in [0.15, 0.2) is 0 Å². The van der Waals surface area contributed by atoms with Crippen molar-refractivity contribution in [1.82, 2.24) is 4.90 Å². The van der Waals surface area contributed by atoms with Gasteiger partial charge in [-0.25, -0.2) is 0 Å². The number of hydrogen-bond acceptors (Lipinski definition) is 5. The van der Waals surface area contributed by atoms with E-state index >= 15 is 0 Å². The number of carbonyl (C=O) groups is 3. The molecule has 0 saturated carbocycles. The maximum Gasteiger partial charge on any atom is 0.309 e. The van der Waals surface area contributed by atoms with Crippen LogP contribution in [-0.2, 0) is 19.1 Å². The van der Waals surface area contributed by atoms with Crippen LogP contribution in [0.15, 0.2) is 48.5 Å². The predicted molar refractivity (Wildman–Crippen MR) is 149 cm³/mol. The van der Waals surface area contributed by atoms with Gasteiger partial charge >= 0.3 is 5.97 Å². The van der Waals surface area contributed by atoms with E-state index in [1.807, 2.05) is 51.1 Å². The van der Waals surface area contributed by atoms with E-state index in [9.17, 15) is 19.5 Å². The molecule has 3 rings (SSSR count). The molecule has 38 heavy (non-hydrogen) atoms. The number of halogens is 1. The summed E-state index contributed by atoms with van der Waals surface area (Å²) < 4.78 is 5.11. The molecule has 0 aromatic heterocycles. The lowest BCUT2D eigenvalue weighted by Crippen LogP contribution is -2.42. The first-order valence-electron chi connectivity index (χ1n) is 13.3. The Kier molecular flexibility index (Phi) is 10.3. The molecule has 1 N–H and O–H groups in total. The van der Waals surface area contributed by atoms with Crippen LogP contribution >= 0.6 is 11.6 Å². The number of hydrogen-bond donors (Lipinski definition) is 1. The number of nitrogens with zero attached hydrogens (tertiary/aromatic N) is 2. The van der Waals surface area contributed by atoms with Gasteiger partial charge in [-0.05, 0) is 48.9 Å². The van der Waals surface area contributed by atoms with Gasteiger partial charge < -0.3 is 19.6 Å². The Balaban J connectivity index is 1.75. The van der Waals surface area contributed by atoms with Gasteiger partial charge in [0.1, 0.15) is 6.10 Å². The number of aliphatic hydroxyl groups excluding tert-OH is 1. The second-order valence-electron chi connectivity index (χ2n) is 11.0. The van der Waals surface area contributed by atoms with Crippen LogP contribution in [0, 0.1) is 11.3 Å². The third kappa shape index (κ3) is 8.05. The van der Waals surface area contributed by atoms with E-state index in [0.29, 0.717) is 60.9 Å². The molecule has 0 radical (unpaired) electrons. The van der Waals surface area contributed by atoms with Crippen molar-refractivity contribution in [3.63, 3.8) is 0 Å². The summed E-state index contributed by atoms with van der Waals surface area (Å²) in [4.78, 5) is 41.9. The highest BCUT2D eigenvalue weighted by atomic mass is 35.5. The number of piperidine rings is 1. The Morgan fingerprint density at radius 1 is 1.08 bits per heavy atom. The number of likely N-dealkylation sites (tertiary alicyclic amines) is 1. The summed E-state index contributed by atoms with van der Waals surface area (Å²) in [5.74, 6) is -0.679. The normalized spacial score (nSPS) is 15.2. The van der Waals surface area contributed by atoms with Crippen molar-refractivity contribution >= 4 is 35.1 Å². The molecular weight excluding hydrogens is 504 g/mol. The quantitative estimate of drug-likeness (QED) is 0.430. The molecule has 206 valence electrons. The van der Waals surface area contributed by atoms with Crippen molar-refractivity contribution in [2.75, 3.05) is 31.1 Å². The van der Waals surface area contributed by atoms with E-state index in [1.54, 1.807) is 34.9 Å². The third-order valence-corrected chi connectivity index (χ3v) is 6.88. The van der Waals surface area contributed by atoms with E-state index in [4.69, 9.17) is 16.3 Å². The molecule has 1 fully saturated rings. The van der Waals surface area contributed by atoms with Crippen LogP contribution in [0.5, 0.6) is 0 Å². The first-order valence-corrected chi connectivity index (χ1v) is 13.6. The summed E-state index contributed by atoms with van der Waals surface area (Å²) in [6, 6.07) is 14.4. The topological polar surface area (TPSA) is 87.2 Å². The van der Waals surface area contributed by atoms with Crippen molar-refractivity contribution in [2.45, 2.75) is 59.5 Å². The molecule has 2 amide bonds. The Morgan fingerprint density at radius 3 is 2.34 bits per heavy atom. The SMILES string of the molecule is CCOC(=O)C1CCN(C(=O)CCC(=O)N(CC(C)(C)C)c2ccc(Cl)cc2C(O)c2ccccc2)CC1. The fourth-order valence-corrected chi connectivity index (χ4v) is 4.90. The first-order chi connectivity index (χ1) is 18.0. The Hall–Kier alpha value is -2.90. The molecule has 0 spiro atoms. The van der Waals surface area contributed by atoms with Gasteiger partial charge in [-0.2, -0.15) is 0 Å². The van der Waals surface area contributed by atoms with Crippen molar-refractivity contribution in [2.24, 2.45) is 11.3 Å². The summed E-state index contributed by atoms with van der Waals surface area (Å²) in [6.07, 6.45) is 0.284. The number of aliphatic hydroxyl groups is 1. The zero-order valence-electron chi connectivity index (χ0n) is 22.8. The Bertz CT molecular complexity index is 1110. The minimum atomic E-state index is -0.970. The summed E-state index contributed by atoms with van der Waals surface area (Å²) in [5.41, 5.74) is 1.58. The van der Waals surface area contributed by atoms with Crippen LogP contribution in [0.4, 0.5) is 5.69 Å². The van der Waals surface area contributed by atoms with Gasteiger partial charge in [0, 0.05) is 48.7 Å². The lowest BCUT2D eigenvalue weighted by atomic mass is 9.93. The highest BCUT2D eigenvalue weighted by Gasteiger charge is 2.30. The molecule has 2 aromatic rings. The molecule has 2 aromatic carbocycles. The zero-order chi connectivity index (χ0) is 27.9. The highest BCUT2D eigenvalue weighted by Crippen LogP contribution is 2.35. The summed E-state index contributed by atoms with van der Waals surface area (Å²) in [7, 11) is 0. The summed E-state index contributed by atoms with van der Waals surface area (Å²) >= 11 is 6.31. The molecule has 1 atom stereocenters. The molecule has 0 aliphatic carbocycles. The fraction of sp³-hybridized carbons (Fsp3) is 0.500. The standard InChI is InChI=1S/C30H39ClN2O5/c1-5-38-29(37)22-15-17-32(18-16-22)26(34)13-14-27(35)33(20-30(2,3)4)25-12-11-23(31)19-24(25)28(36)21-9-7-6-8-10-21/h6-12,19,22,28,36H,5,13-18,20H2,1-4H3. The number of esters is 1. The van der Waals surface area contributed by atoms with Gasteiger partial charge in [0.25, 0.3) is 0 Å². The molecule has 1 heterocycles. The smallest absolute Gasteiger partial charge is 0.309 e. The molecule has 1 unspecified atom stereocenters. The maximum absolute atomic E-state index is 13.6. The first kappa shape index (κ1) is 29.7. The lowest BCUT2D eigenvalue weighted by Gasteiger charge is -2.33. The van der Waals surface area contributed by atoms with Crippen LogP contribution in [0.3, 0.4) is 0 Å². The third-order valence-electron chi connectivity index (χ3n) is 6.64. The van der Waals surface area contributed by atoms with Gasteiger partial charge in [0.2, 0.25) is 11.8 Å². The van der Waals surface area contributed by atoms with Gasteiger partial charge in [0.05, 0.1) is 12.5 Å². The lowest BCUT2D eigenvalue weighted by molar-refractivity contribution is -0.151. The number of benzene rings is 2. The minimum absolute atomic E-state index is 0.0379. The monoisotopic (exact) mass is 542 g/mol. The molecule has 1 aliphatic rings. The van der Waals surface area contributed by atoms with E-state index in [-0.39, 0.29) is 42.0 Å². The predicted octanol–water partition coefficient (Wildman–Crippen LogP) is 5.38. The summed E-state index contributed by atoms with van der Waals surface area (Å²) in [6.45, 7) is 9.61. The number of amides is 2. The van der Waals surface area contributed by atoms with Crippen molar-refractivity contribution in [3.05, 3.63) is 64.7 Å². The average Bonchev–Trinajstić information content (AvgIpc) is 2.90. The van der Waals surface area contributed by atoms with Crippen molar-refractivity contribution in [3.8, 4) is 0 Å². The second-order valence-corrected chi connectivity index (χ2v) is 11.4. The number of ether oxygens (including phenoxy) is 1. The number of anilines is 1. The number of carbonyl (C=O) groups excluding carboxylic acids is 3. The van der Waals surface area contributed by atoms with E-state index in [1.165, 1.54) is 0 Å². The summed E-state index contributed by atoms with van der Waals surface area (Å²) in [5, 5.41) is 11.7. The fourth-order valence-electron chi connectivity index (χ4n) is 4.72. The molecule has 0 bridgehead atoms. The molecule has 1 saturated heterocycles. The molecule has 8 heteroatoms. The van der Waals surface area contributed by atoms with E-state index < -0.39 is 6.10 Å². The maximum atomic E-state index is 13.6. The Morgan fingerprint density at radius 2 is 1.74 bits per heavy atom. The largest absolute Gasteiger partial charge is 0.466 e. The van der Waals surface area contributed by atoms with Gasteiger partial charge in [-0.3, -0.25) is 14.4 Å². The van der Waals surface area contributed by atoms with Crippen LogP contribution in [0.1, 0.15) is 70.6 Å². The Labute approximate surface area is 230 Å². The van der Waals surface area contributed by atoms with E-state index in [0.717, 1.165) is 0 Å². The molecular formula is C30H39ClN2O5. The van der Waals surface area contributed by atoms with Crippen LogP contribution in [0.25, 0.3) is 0 Å².